The third-order valence-electron chi connectivity index (χ3n) is 4.28. The molecule has 0 saturated heterocycles. The fraction of sp³-hybridized carbons (Fsp3) is 0.647. The van der Waals surface area contributed by atoms with Gasteiger partial charge in [0, 0.05) is 6.04 Å². The molecule has 0 amide bonds. The number of aryl methyl sites for hydroxylation is 1. The summed E-state index contributed by atoms with van der Waals surface area (Å²) < 4.78 is 71.7. The Hall–Kier alpha value is -1.28. The van der Waals surface area contributed by atoms with E-state index in [0.29, 0.717) is 24.2 Å². The van der Waals surface area contributed by atoms with Crippen LogP contribution < -0.4 is 9.46 Å². The molecule has 1 saturated carbocycles. The molecular formula is C17H24F3NO3S. The first kappa shape index (κ1) is 20.0. The van der Waals surface area contributed by atoms with E-state index < -0.39 is 28.2 Å². The Bertz CT molecular complexity index is 702. The topological polar surface area (TPSA) is 55.4 Å². The van der Waals surface area contributed by atoms with Crippen molar-refractivity contribution in [2.24, 2.45) is 5.92 Å². The zero-order chi connectivity index (χ0) is 18.8. The molecule has 0 aliphatic heterocycles. The zero-order valence-corrected chi connectivity index (χ0v) is 15.4. The van der Waals surface area contributed by atoms with E-state index in [1.165, 1.54) is 12.1 Å². The number of ether oxygens (including phenoxy) is 1. The van der Waals surface area contributed by atoms with Gasteiger partial charge in [-0.05, 0) is 63.8 Å². The highest BCUT2D eigenvalue weighted by atomic mass is 32.2. The number of alkyl halides is 3. The highest BCUT2D eigenvalue weighted by molar-refractivity contribution is 7.89. The second-order valence-electron chi connectivity index (χ2n) is 6.82. The smallest absolute Gasteiger partial charge is 0.391 e. The lowest BCUT2D eigenvalue weighted by Gasteiger charge is -2.30. The quantitative estimate of drug-likeness (QED) is 0.835. The molecule has 1 aliphatic rings. The lowest BCUT2D eigenvalue weighted by Crippen LogP contribution is -2.41. The molecule has 2 unspecified atom stereocenters. The first-order chi connectivity index (χ1) is 11.5. The summed E-state index contributed by atoms with van der Waals surface area (Å²) in [6, 6.07) is 3.77. The van der Waals surface area contributed by atoms with Crippen LogP contribution in [0, 0.1) is 12.8 Å². The molecular weight excluding hydrogens is 355 g/mol. The van der Waals surface area contributed by atoms with Gasteiger partial charge in [0.15, 0.2) is 0 Å². The minimum absolute atomic E-state index is 0.0373. The maximum absolute atomic E-state index is 12.9. The van der Waals surface area contributed by atoms with Crippen molar-refractivity contribution in [1.29, 1.82) is 0 Å². The number of benzene rings is 1. The Morgan fingerprint density at radius 3 is 2.48 bits per heavy atom. The number of nitrogens with one attached hydrogen (secondary N) is 1. The molecule has 4 nitrogen and oxygen atoms in total. The van der Waals surface area contributed by atoms with Crippen LogP contribution in [-0.2, 0) is 10.0 Å². The molecule has 1 aromatic rings. The molecule has 1 N–H and O–H groups in total. The molecule has 8 heteroatoms. The number of rotatable bonds is 5. The van der Waals surface area contributed by atoms with E-state index in [0.717, 1.165) is 0 Å². The Morgan fingerprint density at radius 2 is 1.92 bits per heavy atom. The lowest BCUT2D eigenvalue weighted by molar-refractivity contribution is -0.183. The highest BCUT2D eigenvalue weighted by Gasteiger charge is 2.42. The van der Waals surface area contributed by atoms with Crippen molar-refractivity contribution in [3.8, 4) is 5.75 Å². The van der Waals surface area contributed by atoms with Crippen LogP contribution in [0.4, 0.5) is 13.2 Å². The molecule has 25 heavy (non-hydrogen) atoms. The SMILES string of the molecule is Cc1cc(S(=O)(=O)NC2CCCC(C(F)(F)F)C2)ccc1OC(C)C. The van der Waals surface area contributed by atoms with Crippen molar-refractivity contribution in [3.05, 3.63) is 23.8 Å². The van der Waals surface area contributed by atoms with Crippen molar-refractivity contribution in [3.63, 3.8) is 0 Å². The van der Waals surface area contributed by atoms with Gasteiger partial charge in [0.25, 0.3) is 0 Å². The number of hydrogen-bond acceptors (Lipinski definition) is 3. The van der Waals surface area contributed by atoms with E-state index in [1.807, 2.05) is 13.8 Å². The molecule has 0 heterocycles. The van der Waals surface area contributed by atoms with E-state index in [9.17, 15) is 21.6 Å². The Labute approximate surface area is 146 Å². The Kier molecular flexibility index (Phi) is 6.04. The van der Waals surface area contributed by atoms with Gasteiger partial charge in [-0.1, -0.05) is 6.42 Å². The average Bonchev–Trinajstić information content (AvgIpc) is 2.47. The van der Waals surface area contributed by atoms with Gasteiger partial charge in [0.1, 0.15) is 5.75 Å². The van der Waals surface area contributed by atoms with Crippen molar-refractivity contribution >= 4 is 10.0 Å². The van der Waals surface area contributed by atoms with E-state index >= 15 is 0 Å². The predicted molar refractivity (Wildman–Crippen MR) is 89.1 cm³/mol. The molecule has 0 spiro atoms. The normalized spacial score (nSPS) is 22.2. The zero-order valence-electron chi connectivity index (χ0n) is 14.6. The van der Waals surface area contributed by atoms with Crippen molar-refractivity contribution in [2.75, 3.05) is 0 Å². The van der Waals surface area contributed by atoms with Gasteiger partial charge in [-0.25, -0.2) is 13.1 Å². The Morgan fingerprint density at radius 1 is 1.24 bits per heavy atom. The fourth-order valence-electron chi connectivity index (χ4n) is 3.06. The van der Waals surface area contributed by atoms with Gasteiger partial charge in [-0.15, -0.1) is 0 Å². The minimum atomic E-state index is -4.28. The van der Waals surface area contributed by atoms with Gasteiger partial charge in [0.2, 0.25) is 10.0 Å². The van der Waals surface area contributed by atoms with Gasteiger partial charge in [0.05, 0.1) is 16.9 Å². The molecule has 0 bridgehead atoms. The summed E-state index contributed by atoms with van der Waals surface area (Å²) >= 11 is 0. The van der Waals surface area contributed by atoms with E-state index in [-0.39, 0.29) is 23.8 Å². The van der Waals surface area contributed by atoms with Crippen LogP contribution in [0.15, 0.2) is 23.1 Å². The van der Waals surface area contributed by atoms with Crippen molar-refractivity contribution in [1.82, 2.24) is 4.72 Å². The summed E-state index contributed by atoms with van der Waals surface area (Å²) in [4.78, 5) is 0.0373. The van der Waals surface area contributed by atoms with Crippen molar-refractivity contribution < 1.29 is 26.3 Å². The molecule has 1 aromatic carbocycles. The molecule has 2 atom stereocenters. The monoisotopic (exact) mass is 379 g/mol. The first-order valence-corrected chi connectivity index (χ1v) is 9.83. The predicted octanol–water partition coefficient (Wildman–Crippen LogP) is 4.18. The number of hydrogen-bond donors (Lipinski definition) is 1. The minimum Gasteiger partial charge on any atom is -0.491 e. The van der Waals surface area contributed by atoms with Gasteiger partial charge < -0.3 is 4.74 Å². The number of sulfonamides is 1. The first-order valence-electron chi connectivity index (χ1n) is 8.35. The Balaban J connectivity index is 2.12. The fourth-order valence-corrected chi connectivity index (χ4v) is 4.42. The van der Waals surface area contributed by atoms with Crippen LogP contribution in [0.1, 0.15) is 45.1 Å². The second kappa shape index (κ2) is 7.53. The third kappa shape index (κ3) is 5.34. The molecule has 0 radical (unpaired) electrons. The summed E-state index contributed by atoms with van der Waals surface area (Å²) in [7, 11) is -3.87. The van der Waals surface area contributed by atoms with Crippen LogP contribution in [0.25, 0.3) is 0 Å². The largest absolute Gasteiger partial charge is 0.491 e. The van der Waals surface area contributed by atoms with Crippen LogP contribution in [-0.4, -0.2) is 26.7 Å². The van der Waals surface area contributed by atoms with Gasteiger partial charge in [-0.3, -0.25) is 0 Å². The maximum Gasteiger partial charge on any atom is 0.391 e. The second-order valence-corrected chi connectivity index (χ2v) is 8.53. The van der Waals surface area contributed by atoms with Crippen LogP contribution in [0.3, 0.4) is 0 Å². The molecule has 142 valence electrons. The summed E-state index contributed by atoms with van der Waals surface area (Å²) in [6.07, 6.45) is -3.70. The van der Waals surface area contributed by atoms with Crippen LogP contribution >= 0.6 is 0 Å². The molecule has 0 aromatic heterocycles. The standard InChI is InChI=1S/C17H24F3NO3S/c1-11(2)24-16-8-7-15(9-12(16)3)25(22,23)21-14-6-4-5-13(10-14)17(18,19)20/h7-9,11,13-14,21H,4-6,10H2,1-3H3. The molecule has 1 aliphatic carbocycles. The summed E-state index contributed by atoms with van der Waals surface area (Å²) in [6.45, 7) is 5.47. The van der Waals surface area contributed by atoms with E-state index in [1.54, 1.807) is 13.0 Å². The van der Waals surface area contributed by atoms with Crippen LogP contribution in [0.5, 0.6) is 5.75 Å². The summed E-state index contributed by atoms with van der Waals surface area (Å²) in [5, 5.41) is 0. The highest BCUT2D eigenvalue weighted by Crippen LogP contribution is 2.38. The van der Waals surface area contributed by atoms with Gasteiger partial charge >= 0.3 is 6.18 Å². The van der Waals surface area contributed by atoms with E-state index in [2.05, 4.69) is 4.72 Å². The van der Waals surface area contributed by atoms with Crippen LogP contribution in [0.2, 0.25) is 0 Å². The van der Waals surface area contributed by atoms with E-state index in [4.69, 9.17) is 4.74 Å². The third-order valence-corrected chi connectivity index (χ3v) is 5.80. The summed E-state index contributed by atoms with van der Waals surface area (Å²) in [5.41, 5.74) is 0.661. The molecule has 1 fully saturated rings. The lowest BCUT2D eigenvalue weighted by atomic mass is 9.86. The maximum atomic E-state index is 12.9. The molecule has 2 rings (SSSR count). The summed E-state index contributed by atoms with van der Waals surface area (Å²) in [5.74, 6) is -0.860. The number of halogens is 3. The average molecular weight is 379 g/mol. The van der Waals surface area contributed by atoms with Gasteiger partial charge in [-0.2, -0.15) is 13.2 Å². The van der Waals surface area contributed by atoms with Crippen molar-refractivity contribution in [2.45, 2.75) is 69.7 Å².